The summed E-state index contributed by atoms with van der Waals surface area (Å²) in [6.07, 6.45) is 9.11. The van der Waals surface area contributed by atoms with Gasteiger partial charge in [-0.2, -0.15) is 0 Å². The predicted octanol–water partition coefficient (Wildman–Crippen LogP) is 6.87. The van der Waals surface area contributed by atoms with Crippen molar-refractivity contribution in [3.8, 4) is 22.4 Å². The number of anilines is 1. The fourth-order valence-electron chi connectivity index (χ4n) is 10.2. The van der Waals surface area contributed by atoms with Gasteiger partial charge in [0.25, 0.3) is 0 Å². The largest absolute Gasteiger partial charge is 0.351 e. The molecule has 12 heteroatoms. The summed E-state index contributed by atoms with van der Waals surface area (Å²) in [5.74, 6) is 0.615. The SMILES string of the molecule is O=C1CCC(C2Cc3cc(C4CCN(CC5CCN(CC(=O)N6CCC(Nc7ncc(Cl)c(-c8cccc(-c9ccccc9)c8)n7)CC6)CC5)CC4)ccc3C2=O)C(=O)N1. The molecule has 2 unspecified atom stereocenters. The van der Waals surface area contributed by atoms with Crippen LogP contribution in [0, 0.1) is 17.8 Å². The highest BCUT2D eigenvalue weighted by Crippen LogP contribution is 2.38. The number of fused-ring (bicyclic) bond motifs is 1. The number of hydrogen-bond acceptors (Lipinski definition) is 9. The predicted molar refractivity (Wildman–Crippen MR) is 233 cm³/mol. The number of nitrogens with one attached hydrogen (secondary N) is 2. The molecule has 5 heterocycles. The Morgan fingerprint density at radius 1 is 0.767 bits per heavy atom. The van der Waals surface area contributed by atoms with Crippen LogP contribution in [-0.4, -0.2) is 107 Å². The molecule has 4 aliphatic heterocycles. The van der Waals surface area contributed by atoms with Gasteiger partial charge < -0.3 is 15.1 Å². The Hall–Kier alpha value is -4.97. The first kappa shape index (κ1) is 40.4. The molecule has 4 saturated heterocycles. The summed E-state index contributed by atoms with van der Waals surface area (Å²) in [6.45, 7) is 7.09. The van der Waals surface area contributed by atoms with Gasteiger partial charge in [-0.25, -0.2) is 9.97 Å². The van der Waals surface area contributed by atoms with Crippen LogP contribution in [0.2, 0.25) is 5.02 Å². The van der Waals surface area contributed by atoms with Gasteiger partial charge in [0.1, 0.15) is 0 Å². The van der Waals surface area contributed by atoms with Crippen LogP contribution in [0.3, 0.4) is 0 Å². The topological polar surface area (TPSA) is 128 Å². The zero-order valence-electron chi connectivity index (χ0n) is 34.2. The monoisotopic (exact) mass is 827 g/mol. The van der Waals surface area contributed by atoms with Gasteiger partial charge in [0, 0.05) is 55.1 Å². The number of amides is 3. The molecule has 2 N–H and O–H groups in total. The molecule has 5 aliphatic rings. The van der Waals surface area contributed by atoms with E-state index >= 15 is 0 Å². The maximum absolute atomic E-state index is 13.4. The molecule has 3 aromatic carbocycles. The number of ketones is 1. The third kappa shape index (κ3) is 9.04. The van der Waals surface area contributed by atoms with E-state index in [2.05, 4.69) is 61.8 Å². The molecule has 2 atom stereocenters. The van der Waals surface area contributed by atoms with Gasteiger partial charge >= 0.3 is 0 Å². The molecule has 0 radical (unpaired) electrons. The number of rotatable bonds is 10. The third-order valence-corrected chi connectivity index (χ3v) is 14.0. The lowest BCUT2D eigenvalue weighted by Crippen LogP contribution is -2.48. The van der Waals surface area contributed by atoms with Gasteiger partial charge in [0.15, 0.2) is 5.78 Å². The van der Waals surface area contributed by atoms with E-state index in [1.165, 1.54) is 5.56 Å². The summed E-state index contributed by atoms with van der Waals surface area (Å²) < 4.78 is 0. The molecule has 0 saturated carbocycles. The highest BCUT2D eigenvalue weighted by molar-refractivity contribution is 6.33. The Morgan fingerprint density at radius 3 is 2.27 bits per heavy atom. The molecule has 9 rings (SSSR count). The van der Waals surface area contributed by atoms with Crippen molar-refractivity contribution >= 4 is 41.1 Å². The first-order chi connectivity index (χ1) is 29.2. The van der Waals surface area contributed by atoms with E-state index in [4.69, 9.17) is 16.6 Å². The lowest BCUT2D eigenvalue weighted by molar-refractivity contribution is -0.137. The number of nitrogens with zero attached hydrogens (tertiary/aromatic N) is 5. The minimum absolute atomic E-state index is 0.0483. The van der Waals surface area contributed by atoms with Crippen LogP contribution in [0.15, 0.2) is 79.0 Å². The quantitative estimate of drug-likeness (QED) is 0.165. The Labute approximate surface area is 357 Å². The van der Waals surface area contributed by atoms with Gasteiger partial charge in [0.05, 0.1) is 23.5 Å². The number of likely N-dealkylation sites (tertiary alicyclic amines) is 3. The first-order valence-electron chi connectivity index (χ1n) is 21.9. The molecule has 312 valence electrons. The molecule has 4 aromatic rings. The highest BCUT2D eigenvalue weighted by atomic mass is 35.5. The summed E-state index contributed by atoms with van der Waals surface area (Å²) in [7, 11) is 0. The van der Waals surface area contributed by atoms with E-state index in [-0.39, 0.29) is 35.5 Å². The van der Waals surface area contributed by atoms with Gasteiger partial charge in [0.2, 0.25) is 23.7 Å². The third-order valence-electron chi connectivity index (χ3n) is 13.7. The standard InChI is InChI=1S/C48H54ClN7O4/c49-42-28-50-48(53-45(42)36-8-4-7-34(25-36)32-5-2-1-3-6-32)51-38-17-23-56(24-18-38)44(58)30-55-19-13-31(14-20-55)29-54-21-15-33(16-22-54)35-9-10-39-37(26-35)27-41(46(39)59)40-11-12-43(57)52-47(40)60/h1-10,25-26,28,31,33,38,40-41H,11-24,27,29-30H2,(H,50,51,53)(H,52,57,60). The van der Waals surface area contributed by atoms with Crippen molar-refractivity contribution in [2.24, 2.45) is 17.8 Å². The lowest BCUT2D eigenvalue weighted by Gasteiger charge is -2.38. The van der Waals surface area contributed by atoms with Crippen molar-refractivity contribution in [1.29, 1.82) is 0 Å². The van der Waals surface area contributed by atoms with Crippen LogP contribution in [0.1, 0.15) is 78.8 Å². The van der Waals surface area contributed by atoms with E-state index in [9.17, 15) is 19.2 Å². The molecule has 60 heavy (non-hydrogen) atoms. The molecule has 4 fully saturated rings. The number of Topliss-reactive ketones (excluding diaryl/α,β-unsaturated/α-hetero) is 1. The van der Waals surface area contributed by atoms with Crippen LogP contribution < -0.4 is 10.6 Å². The van der Waals surface area contributed by atoms with Gasteiger partial charge in [-0.15, -0.1) is 0 Å². The van der Waals surface area contributed by atoms with Crippen molar-refractivity contribution in [2.45, 2.75) is 69.7 Å². The second-order valence-electron chi connectivity index (χ2n) is 17.6. The molecule has 11 nitrogen and oxygen atoms in total. The van der Waals surface area contributed by atoms with Crippen molar-refractivity contribution in [3.63, 3.8) is 0 Å². The maximum Gasteiger partial charge on any atom is 0.236 e. The normalized spacial score (nSPS) is 22.5. The van der Waals surface area contributed by atoms with E-state index < -0.39 is 5.92 Å². The summed E-state index contributed by atoms with van der Waals surface area (Å²) in [4.78, 5) is 67.1. The van der Waals surface area contributed by atoms with Crippen molar-refractivity contribution in [1.82, 2.24) is 30.0 Å². The number of benzene rings is 3. The Bertz CT molecular complexity index is 2230. The second kappa shape index (κ2) is 17.9. The van der Waals surface area contributed by atoms with Gasteiger partial charge in [-0.3, -0.25) is 29.4 Å². The summed E-state index contributed by atoms with van der Waals surface area (Å²) in [6, 6.07) is 25.0. The van der Waals surface area contributed by atoms with Crippen LogP contribution >= 0.6 is 11.6 Å². The highest BCUT2D eigenvalue weighted by Gasteiger charge is 2.42. The van der Waals surface area contributed by atoms with Crippen LogP contribution in [0.25, 0.3) is 22.4 Å². The summed E-state index contributed by atoms with van der Waals surface area (Å²) >= 11 is 6.60. The molecule has 0 bridgehead atoms. The van der Waals surface area contributed by atoms with Gasteiger partial charge in [-0.05, 0) is 118 Å². The second-order valence-corrected chi connectivity index (χ2v) is 18.0. The number of piperidine rings is 4. The van der Waals surface area contributed by atoms with Crippen molar-refractivity contribution in [3.05, 3.63) is 101 Å². The number of carbonyl (C=O) groups is 4. The fraction of sp³-hybridized carbons (Fsp3) is 0.458. The molecular formula is C48H54ClN7O4. The van der Waals surface area contributed by atoms with E-state index in [1.54, 1.807) is 6.20 Å². The minimum atomic E-state index is -0.420. The average Bonchev–Trinajstić information content (AvgIpc) is 3.60. The fourth-order valence-corrected chi connectivity index (χ4v) is 10.4. The summed E-state index contributed by atoms with van der Waals surface area (Å²) in [5, 5.41) is 6.45. The number of imide groups is 1. The number of carbonyl (C=O) groups excluding carboxylic acids is 4. The Balaban J connectivity index is 0.689. The number of hydrogen-bond donors (Lipinski definition) is 2. The zero-order chi connectivity index (χ0) is 41.2. The maximum atomic E-state index is 13.4. The van der Waals surface area contributed by atoms with E-state index in [0.29, 0.717) is 54.3 Å². The molecule has 0 spiro atoms. The molecule has 1 aromatic heterocycles. The molecular weight excluding hydrogens is 774 g/mol. The molecule has 3 amide bonds. The van der Waals surface area contributed by atoms with Crippen LogP contribution in [0.5, 0.6) is 0 Å². The van der Waals surface area contributed by atoms with E-state index in [0.717, 1.165) is 112 Å². The number of aromatic nitrogens is 2. The zero-order valence-corrected chi connectivity index (χ0v) is 34.9. The lowest BCUT2D eigenvalue weighted by atomic mass is 9.83. The van der Waals surface area contributed by atoms with E-state index in [1.807, 2.05) is 41.3 Å². The van der Waals surface area contributed by atoms with Crippen molar-refractivity contribution in [2.75, 3.05) is 57.7 Å². The number of halogens is 1. The Kier molecular flexibility index (Phi) is 12.1. The minimum Gasteiger partial charge on any atom is -0.351 e. The molecule has 1 aliphatic carbocycles. The average molecular weight is 828 g/mol. The van der Waals surface area contributed by atoms with Crippen LogP contribution in [-0.2, 0) is 20.8 Å². The van der Waals surface area contributed by atoms with Crippen LogP contribution in [0.4, 0.5) is 5.95 Å². The summed E-state index contributed by atoms with van der Waals surface area (Å²) in [5.41, 5.74) is 6.98. The smallest absolute Gasteiger partial charge is 0.236 e. The Morgan fingerprint density at radius 2 is 1.50 bits per heavy atom. The van der Waals surface area contributed by atoms with Gasteiger partial charge in [-0.1, -0.05) is 78.3 Å². The van der Waals surface area contributed by atoms with Crippen molar-refractivity contribution < 1.29 is 19.2 Å². The first-order valence-corrected chi connectivity index (χ1v) is 22.3.